The first-order valence-electron chi connectivity index (χ1n) is 11.8. The Labute approximate surface area is 194 Å². The van der Waals surface area contributed by atoms with E-state index in [1.165, 1.54) is 22.3 Å². The highest BCUT2D eigenvalue weighted by molar-refractivity contribution is 5.76. The Balaban J connectivity index is 1.10. The molecule has 7 rings (SSSR count). The van der Waals surface area contributed by atoms with Gasteiger partial charge in [0, 0.05) is 31.0 Å². The Morgan fingerprint density at radius 2 is 1.52 bits per heavy atom. The number of carbonyl (C=O) groups is 1. The molecule has 4 heteroatoms. The van der Waals surface area contributed by atoms with Crippen molar-refractivity contribution in [3.05, 3.63) is 119 Å². The van der Waals surface area contributed by atoms with E-state index in [2.05, 4.69) is 58.9 Å². The molecule has 1 unspecified atom stereocenters. The third-order valence-electron chi connectivity index (χ3n) is 7.28. The summed E-state index contributed by atoms with van der Waals surface area (Å²) >= 11 is 0. The van der Waals surface area contributed by atoms with E-state index >= 15 is 0 Å². The molecule has 3 aromatic carbocycles. The highest BCUT2D eigenvalue weighted by atomic mass is 16.1. The standard InChI is InChI=1S/C29H27N3O/c33-28(15-14-20-17-31-32(19-20)22-8-2-1-3-9-22)30-18-21-16-27-23-10-4-6-12-25(23)29(21)26-13-7-5-11-24(26)27/h1-13,17,19,21,27,29H,14-16,18H2,(H,30,33). The Morgan fingerprint density at radius 1 is 0.879 bits per heavy atom. The number of aryl methyl sites for hydroxylation is 1. The van der Waals surface area contributed by atoms with Gasteiger partial charge >= 0.3 is 0 Å². The fourth-order valence-electron chi connectivity index (χ4n) is 5.76. The van der Waals surface area contributed by atoms with E-state index in [1.807, 2.05) is 47.4 Å². The van der Waals surface area contributed by atoms with Crippen molar-refractivity contribution in [1.82, 2.24) is 15.1 Å². The SMILES string of the molecule is O=C(CCc1cnn(-c2ccccc2)c1)NCC1CC2c3ccccc3C1c1ccccc12. The minimum atomic E-state index is 0.116. The van der Waals surface area contributed by atoms with Gasteiger partial charge in [0.1, 0.15) is 0 Å². The lowest BCUT2D eigenvalue weighted by Gasteiger charge is -2.45. The molecule has 2 bridgehead atoms. The van der Waals surface area contributed by atoms with Crippen LogP contribution in [0.2, 0.25) is 0 Å². The number of amides is 1. The van der Waals surface area contributed by atoms with Crippen LogP contribution in [0, 0.1) is 5.92 Å². The molecule has 0 saturated heterocycles. The molecule has 0 fully saturated rings. The second-order valence-corrected chi connectivity index (χ2v) is 9.22. The first kappa shape index (κ1) is 20.0. The van der Waals surface area contributed by atoms with Crippen LogP contribution >= 0.6 is 0 Å². The minimum absolute atomic E-state index is 0.116. The normalized spacial score (nSPS) is 20.2. The number of hydrogen-bond acceptors (Lipinski definition) is 2. The maximum Gasteiger partial charge on any atom is 0.220 e. The summed E-state index contributed by atoms with van der Waals surface area (Å²) in [6.07, 6.45) is 6.14. The zero-order valence-electron chi connectivity index (χ0n) is 18.5. The van der Waals surface area contributed by atoms with Crippen LogP contribution in [-0.2, 0) is 11.2 Å². The number of carbonyl (C=O) groups excluding carboxylic acids is 1. The molecule has 1 aromatic heterocycles. The van der Waals surface area contributed by atoms with Crippen molar-refractivity contribution in [2.45, 2.75) is 31.1 Å². The molecule has 4 nitrogen and oxygen atoms in total. The average molecular weight is 434 g/mol. The van der Waals surface area contributed by atoms with Crippen LogP contribution in [0.25, 0.3) is 5.69 Å². The number of benzene rings is 3. The number of nitrogens with zero attached hydrogens (tertiary/aromatic N) is 2. The van der Waals surface area contributed by atoms with E-state index in [1.54, 1.807) is 0 Å². The van der Waals surface area contributed by atoms with Gasteiger partial charge in [0.15, 0.2) is 0 Å². The van der Waals surface area contributed by atoms with Crippen LogP contribution in [0.15, 0.2) is 91.3 Å². The molecule has 164 valence electrons. The molecule has 0 spiro atoms. The lowest BCUT2D eigenvalue weighted by Crippen LogP contribution is -2.39. The van der Waals surface area contributed by atoms with Gasteiger partial charge in [0.2, 0.25) is 5.91 Å². The molecule has 0 saturated carbocycles. The zero-order valence-corrected chi connectivity index (χ0v) is 18.5. The van der Waals surface area contributed by atoms with E-state index < -0.39 is 0 Å². The van der Waals surface area contributed by atoms with E-state index in [0.717, 1.165) is 24.2 Å². The summed E-state index contributed by atoms with van der Waals surface area (Å²) in [5.41, 5.74) is 7.94. The molecule has 0 aliphatic heterocycles. The zero-order chi connectivity index (χ0) is 22.2. The predicted molar refractivity (Wildman–Crippen MR) is 130 cm³/mol. The van der Waals surface area contributed by atoms with Crippen LogP contribution in [0.5, 0.6) is 0 Å². The largest absolute Gasteiger partial charge is 0.356 e. The van der Waals surface area contributed by atoms with Crippen LogP contribution in [0.3, 0.4) is 0 Å². The van der Waals surface area contributed by atoms with Gasteiger partial charge in [-0.15, -0.1) is 0 Å². The fraction of sp³-hybridized carbons (Fsp3) is 0.241. The van der Waals surface area contributed by atoms with Gasteiger partial charge < -0.3 is 5.32 Å². The molecule has 33 heavy (non-hydrogen) atoms. The summed E-state index contributed by atoms with van der Waals surface area (Å²) < 4.78 is 1.86. The van der Waals surface area contributed by atoms with Gasteiger partial charge in [-0.25, -0.2) is 4.68 Å². The van der Waals surface area contributed by atoms with Gasteiger partial charge in [0.05, 0.1) is 11.9 Å². The van der Waals surface area contributed by atoms with Gasteiger partial charge in [0.25, 0.3) is 0 Å². The Kier molecular flexibility index (Phi) is 5.06. The van der Waals surface area contributed by atoms with Crippen molar-refractivity contribution < 1.29 is 4.79 Å². The number of nitrogens with one attached hydrogen (secondary N) is 1. The lowest BCUT2D eigenvalue weighted by atomic mass is 9.59. The third-order valence-corrected chi connectivity index (χ3v) is 7.28. The highest BCUT2D eigenvalue weighted by Gasteiger charge is 2.42. The number of rotatable bonds is 6. The Morgan fingerprint density at radius 3 is 2.21 bits per heavy atom. The first-order valence-corrected chi connectivity index (χ1v) is 11.8. The maximum atomic E-state index is 12.7. The molecular weight excluding hydrogens is 406 g/mol. The van der Waals surface area contributed by atoms with Gasteiger partial charge in [-0.05, 0) is 58.7 Å². The van der Waals surface area contributed by atoms with Gasteiger partial charge in [-0.2, -0.15) is 5.10 Å². The maximum absolute atomic E-state index is 12.7. The molecule has 3 aliphatic carbocycles. The minimum Gasteiger partial charge on any atom is -0.356 e. The molecule has 1 heterocycles. The fourth-order valence-corrected chi connectivity index (χ4v) is 5.76. The summed E-state index contributed by atoms with van der Waals surface area (Å²) in [7, 11) is 0. The summed E-state index contributed by atoms with van der Waals surface area (Å²) in [4.78, 5) is 12.7. The molecular formula is C29H27N3O. The molecule has 1 N–H and O–H groups in total. The quantitative estimate of drug-likeness (QED) is 0.453. The lowest BCUT2D eigenvalue weighted by molar-refractivity contribution is -0.121. The van der Waals surface area contributed by atoms with Gasteiger partial charge in [-0.3, -0.25) is 4.79 Å². The number of aromatic nitrogens is 2. The van der Waals surface area contributed by atoms with Crippen molar-refractivity contribution in [3.63, 3.8) is 0 Å². The summed E-state index contributed by atoms with van der Waals surface area (Å²) in [5.74, 6) is 1.36. The van der Waals surface area contributed by atoms with Crippen LogP contribution in [0.4, 0.5) is 0 Å². The number of para-hydroxylation sites is 1. The van der Waals surface area contributed by atoms with Crippen molar-refractivity contribution in [3.8, 4) is 5.69 Å². The Hall–Kier alpha value is -3.66. The molecule has 3 aliphatic rings. The van der Waals surface area contributed by atoms with E-state index in [0.29, 0.717) is 30.6 Å². The topological polar surface area (TPSA) is 46.9 Å². The summed E-state index contributed by atoms with van der Waals surface area (Å²) in [5, 5.41) is 7.68. The van der Waals surface area contributed by atoms with Crippen LogP contribution in [-0.4, -0.2) is 22.2 Å². The first-order chi connectivity index (χ1) is 16.3. The van der Waals surface area contributed by atoms with E-state index in [-0.39, 0.29) is 5.91 Å². The second kappa shape index (κ2) is 8.36. The monoisotopic (exact) mass is 433 g/mol. The number of hydrogen-bond donors (Lipinski definition) is 1. The van der Waals surface area contributed by atoms with Crippen LogP contribution in [0.1, 0.15) is 52.5 Å². The van der Waals surface area contributed by atoms with E-state index in [9.17, 15) is 4.79 Å². The van der Waals surface area contributed by atoms with Gasteiger partial charge in [-0.1, -0.05) is 66.7 Å². The molecule has 0 radical (unpaired) electrons. The summed E-state index contributed by atoms with van der Waals surface area (Å²) in [6, 6.07) is 27.8. The second-order valence-electron chi connectivity index (χ2n) is 9.22. The van der Waals surface area contributed by atoms with E-state index in [4.69, 9.17) is 0 Å². The predicted octanol–water partition coefficient (Wildman–Crippen LogP) is 5.22. The molecule has 1 atom stereocenters. The Bertz CT molecular complexity index is 1250. The summed E-state index contributed by atoms with van der Waals surface area (Å²) in [6.45, 7) is 0.728. The van der Waals surface area contributed by atoms with Crippen molar-refractivity contribution in [2.24, 2.45) is 5.92 Å². The third kappa shape index (κ3) is 3.66. The number of fused-ring (bicyclic) bond motifs is 1. The van der Waals surface area contributed by atoms with Crippen LogP contribution < -0.4 is 5.32 Å². The van der Waals surface area contributed by atoms with Crippen molar-refractivity contribution in [2.75, 3.05) is 6.54 Å². The smallest absolute Gasteiger partial charge is 0.220 e. The average Bonchev–Trinajstić information content (AvgIpc) is 3.36. The highest BCUT2D eigenvalue weighted by Crippen LogP contribution is 2.55. The van der Waals surface area contributed by atoms with Crippen molar-refractivity contribution in [1.29, 1.82) is 0 Å². The van der Waals surface area contributed by atoms with Crippen molar-refractivity contribution >= 4 is 5.91 Å². The molecule has 1 amide bonds. The molecule has 4 aromatic rings.